The minimum absolute atomic E-state index is 0.0387. The highest BCUT2D eigenvalue weighted by Crippen LogP contribution is 2.35. The van der Waals surface area contributed by atoms with E-state index in [4.69, 9.17) is 9.47 Å². The Balaban J connectivity index is 1.26. The molecule has 0 saturated carbocycles. The van der Waals surface area contributed by atoms with E-state index in [1.807, 2.05) is 25.1 Å². The number of carbonyl (C=O) groups is 1. The fraction of sp³-hybridized carbons (Fsp3) is 0.407. The Morgan fingerprint density at radius 2 is 1.82 bits per heavy atom. The molecule has 2 aromatic carbocycles. The van der Waals surface area contributed by atoms with Crippen molar-refractivity contribution in [2.24, 2.45) is 5.92 Å². The van der Waals surface area contributed by atoms with Crippen LogP contribution in [0.2, 0.25) is 0 Å². The van der Waals surface area contributed by atoms with Gasteiger partial charge in [0.25, 0.3) is 5.91 Å². The number of nitrogens with one attached hydrogen (secondary N) is 1. The van der Waals surface area contributed by atoms with Gasteiger partial charge in [-0.1, -0.05) is 30.3 Å². The average Bonchev–Trinajstić information content (AvgIpc) is 3.27. The molecule has 0 atom stereocenters. The molecule has 1 aliphatic heterocycles. The van der Waals surface area contributed by atoms with Crippen molar-refractivity contribution < 1.29 is 14.3 Å². The van der Waals surface area contributed by atoms with Crippen LogP contribution in [0, 0.1) is 12.8 Å². The van der Waals surface area contributed by atoms with Gasteiger partial charge in [-0.2, -0.15) is 0 Å². The van der Waals surface area contributed by atoms with E-state index in [-0.39, 0.29) is 5.91 Å². The van der Waals surface area contributed by atoms with Crippen molar-refractivity contribution >= 4 is 17.2 Å². The van der Waals surface area contributed by atoms with E-state index in [1.54, 1.807) is 14.2 Å². The first-order valence-corrected chi connectivity index (χ1v) is 12.6. The lowest BCUT2D eigenvalue weighted by Crippen LogP contribution is -2.34. The number of hydrogen-bond acceptors (Lipinski definition) is 6. The van der Waals surface area contributed by atoms with Crippen molar-refractivity contribution in [3.63, 3.8) is 0 Å². The van der Waals surface area contributed by atoms with Gasteiger partial charge in [0.05, 0.1) is 19.9 Å². The van der Waals surface area contributed by atoms with Crippen molar-refractivity contribution in [1.82, 2.24) is 15.2 Å². The van der Waals surface area contributed by atoms with Crippen LogP contribution in [0.3, 0.4) is 0 Å². The molecule has 0 aliphatic carbocycles. The topological polar surface area (TPSA) is 63.7 Å². The third-order valence-corrected chi connectivity index (χ3v) is 7.63. The molecule has 0 unspecified atom stereocenters. The quantitative estimate of drug-likeness (QED) is 0.459. The summed E-state index contributed by atoms with van der Waals surface area (Å²) in [7, 11) is 3.22. The average molecular weight is 480 g/mol. The molecule has 1 saturated heterocycles. The van der Waals surface area contributed by atoms with E-state index in [0.717, 1.165) is 42.3 Å². The zero-order valence-corrected chi connectivity index (χ0v) is 21.0. The molecule has 1 aliphatic rings. The number of aromatic nitrogens is 1. The highest BCUT2D eigenvalue weighted by atomic mass is 32.1. The van der Waals surface area contributed by atoms with Gasteiger partial charge < -0.3 is 14.8 Å². The molecule has 2 heterocycles. The number of amides is 1. The molecule has 1 aromatic heterocycles. The van der Waals surface area contributed by atoms with Gasteiger partial charge >= 0.3 is 0 Å². The second kappa shape index (κ2) is 11.5. The van der Waals surface area contributed by atoms with E-state index >= 15 is 0 Å². The first kappa shape index (κ1) is 24.2. The van der Waals surface area contributed by atoms with Crippen LogP contribution in [0.25, 0.3) is 10.6 Å². The SMILES string of the molecule is COc1ccc(-c2nc(C)c(C(=O)NCCC3CCN(Cc4ccccc4)CC3)s2)cc1OC. The number of carbonyl (C=O) groups excluding carboxylic acids is 1. The van der Waals surface area contributed by atoms with Crippen molar-refractivity contribution in [1.29, 1.82) is 0 Å². The number of ether oxygens (including phenoxy) is 2. The summed E-state index contributed by atoms with van der Waals surface area (Å²) < 4.78 is 10.7. The van der Waals surface area contributed by atoms with E-state index in [9.17, 15) is 4.79 Å². The van der Waals surface area contributed by atoms with Gasteiger partial charge in [-0.15, -0.1) is 11.3 Å². The van der Waals surface area contributed by atoms with Crippen molar-refractivity contribution in [2.75, 3.05) is 33.9 Å². The molecule has 1 N–H and O–H groups in total. The summed E-state index contributed by atoms with van der Waals surface area (Å²) in [6.07, 6.45) is 3.39. The van der Waals surface area contributed by atoms with Gasteiger partial charge in [0.2, 0.25) is 0 Å². The normalized spacial score (nSPS) is 14.7. The molecule has 0 bridgehead atoms. The molecule has 0 radical (unpaired) electrons. The maximum Gasteiger partial charge on any atom is 0.263 e. The van der Waals surface area contributed by atoms with E-state index in [1.165, 1.54) is 29.7 Å². The maximum absolute atomic E-state index is 12.8. The van der Waals surface area contributed by atoms with E-state index < -0.39 is 0 Å². The summed E-state index contributed by atoms with van der Waals surface area (Å²) in [5.74, 6) is 1.94. The number of aryl methyl sites for hydroxylation is 1. The van der Waals surface area contributed by atoms with Crippen LogP contribution in [0.4, 0.5) is 0 Å². The van der Waals surface area contributed by atoms with Crippen LogP contribution in [0.1, 0.15) is 40.2 Å². The molecule has 4 rings (SSSR count). The molecule has 1 fully saturated rings. The fourth-order valence-corrected chi connectivity index (χ4v) is 5.42. The summed E-state index contributed by atoms with van der Waals surface area (Å²) in [6.45, 7) is 5.85. The van der Waals surface area contributed by atoms with Gasteiger partial charge in [0, 0.05) is 18.7 Å². The van der Waals surface area contributed by atoms with Gasteiger partial charge in [-0.05, 0) is 69.0 Å². The Labute approximate surface area is 205 Å². The second-order valence-electron chi connectivity index (χ2n) is 8.75. The molecule has 180 valence electrons. The Hall–Kier alpha value is -2.90. The Kier molecular flexibility index (Phi) is 8.19. The summed E-state index contributed by atoms with van der Waals surface area (Å²) in [6, 6.07) is 16.3. The van der Waals surface area contributed by atoms with Crippen molar-refractivity contribution in [3.05, 3.63) is 64.7 Å². The lowest BCUT2D eigenvalue weighted by atomic mass is 9.93. The highest BCUT2D eigenvalue weighted by molar-refractivity contribution is 7.17. The molecule has 1 amide bonds. The molecular formula is C27H33N3O3S. The number of likely N-dealkylation sites (tertiary alicyclic amines) is 1. The number of hydrogen-bond donors (Lipinski definition) is 1. The molecule has 34 heavy (non-hydrogen) atoms. The molecule has 7 heteroatoms. The van der Waals surface area contributed by atoms with E-state index in [2.05, 4.69) is 45.5 Å². The number of nitrogens with zero attached hydrogens (tertiary/aromatic N) is 2. The first-order chi connectivity index (χ1) is 16.6. The lowest BCUT2D eigenvalue weighted by Gasteiger charge is -2.32. The van der Waals surface area contributed by atoms with Gasteiger partial charge in [0.15, 0.2) is 11.5 Å². The second-order valence-corrected chi connectivity index (χ2v) is 9.75. The monoisotopic (exact) mass is 479 g/mol. The zero-order chi connectivity index (χ0) is 23.9. The number of rotatable bonds is 9. The maximum atomic E-state index is 12.8. The fourth-order valence-electron chi connectivity index (χ4n) is 4.44. The van der Waals surface area contributed by atoms with Crippen LogP contribution in [0.15, 0.2) is 48.5 Å². The van der Waals surface area contributed by atoms with Crippen LogP contribution >= 0.6 is 11.3 Å². The number of thiazole rings is 1. The predicted molar refractivity (Wildman–Crippen MR) is 137 cm³/mol. The third-order valence-electron chi connectivity index (χ3n) is 6.43. The smallest absolute Gasteiger partial charge is 0.263 e. The highest BCUT2D eigenvalue weighted by Gasteiger charge is 2.21. The molecular weight excluding hydrogens is 446 g/mol. The summed E-state index contributed by atoms with van der Waals surface area (Å²) in [4.78, 5) is 20.7. The standard InChI is InChI=1S/C27H33N3O3S/c1-19-25(34-27(29-19)22-9-10-23(32-2)24(17-22)33-3)26(31)28-14-11-20-12-15-30(16-13-20)18-21-7-5-4-6-8-21/h4-10,17,20H,11-16,18H2,1-3H3,(H,28,31). The molecule has 6 nitrogen and oxygen atoms in total. The Morgan fingerprint density at radius 1 is 1.09 bits per heavy atom. The lowest BCUT2D eigenvalue weighted by molar-refractivity contribution is 0.0951. The summed E-state index contributed by atoms with van der Waals surface area (Å²) >= 11 is 1.41. The van der Waals surface area contributed by atoms with Crippen LogP contribution in [-0.4, -0.2) is 49.6 Å². The summed E-state index contributed by atoms with van der Waals surface area (Å²) in [5, 5.41) is 3.92. The largest absolute Gasteiger partial charge is 0.493 e. The van der Waals surface area contributed by atoms with Crippen LogP contribution in [0.5, 0.6) is 11.5 Å². The first-order valence-electron chi connectivity index (χ1n) is 11.8. The Morgan fingerprint density at radius 3 is 2.53 bits per heavy atom. The van der Waals surface area contributed by atoms with Gasteiger partial charge in [0.1, 0.15) is 9.88 Å². The van der Waals surface area contributed by atoms with Gasteiger partial charge in [-0.25, -0.2) is 4.98 Å². The minimum atomic E-state index is -0.0387. The number of benzene rings is 2. The number of methoxy groups -OCH3 is 2. The number of piperidine rings is 1. The molecule has 3 aromatic rings. The van der Waals surface area contributed by atoms with Crippen molar-refractivity contribution in [3.8, 4) is 22.1 Å². The van der Waals surface area contributed by atoms with Crippen molar-refractivity contribution in [2.45, 2.75) is 32.7 Å². The minimum Gasteiger partial charge on any atom is -0.493 e. The summed E-state index contributed by atoms with van der Waals surface area (Å²) in [5.41, 5.74) is 3.04. The zero-order valence-electron chi connectivity index (χ0n) is 20.2. The Bertz CT molecular complexity index is 1090. The van der Waals surface area contributed by atoms with Crippen LogP contribution < -0.4 is 14.8 Å². The van der Waals surface area contributed by atoms with Crippen LogP contribution in [-0.2, 0) is 6.54 Å². The molecule has 0 spiro atoms. The predicted octanol–water partition coefficient (Wildman–Crippen LogP) is 5.17. The van der Waals surface area contributed by atoms with E-state index in [0.29, 0.717) is 28.8 Å². The third kappa shape index (κ3) is 5.96. The van der Waals surface area contributed by atoms with Gasteiger partial charge in [-0.3, -0.25) is 9.69 Å².